The summed E-state index contributed by atoms with van der Waals surface area (Å²) < 4.78 is 17.1. The topological polar surface area (TPSA) is 73.1 Å². The number of carbonyl (C=O) groups excluding carboxylic acids is 1. The number of rotatable bonds is 6. The predicted molar refractivity (Wildman–Crippen MR) is 106 cm³/mol. The van der Waals surface area contributed by atoms with Gasteiger partial charge in [-0.3, -0.25) is 4.79 Å². The quantitative estimate of drug-likeness (QED) is 0.463. The molecule has 7 heteroatoms. The first-order valence-corrected chi connectivity index (χ1v) is 8.81. The van der Waals surface area contributed by atoms with Crippen LogP contribution in [0.5, 0.6) is 11.5 Å². The molecule has 3 aromatic rings. The first-order valence-electron chi connectivity index (χ1n) is 8.02. The molecule has 0 aliphatic rings. The fourth-order valence-corrected chi connectivity index (χ4v) is 2.66. The SMILES string of the molecule is COc1ccc(C(=O)NN=Cc2ccc(-c3ccc(Br)cc3)o2)c(OC)c1. The summed E-state index contributed by atoms with van der Waals surface area (Å²) in [6.45, 7) is 0. The van der Waals surface area contributed by atoms with E-state index >= 15 is 0 Å². The van der Waals surface area contributed by atoms with Crippen molar-refractivity contribution >= 4 is 28.1 Å². The van der Waals surface area contributed by atoms with Crippen LogP contribution in [0.15, 0.2) is 68.6 Å². The second-order valence-electron chi connectivity index (χ2n) is 5.47. The summed E-state index contributed by atoms with van der Waals surface area (Å²) in [5.41, 5.74) is 3.76. The summed E-state index contributed by atoms with van der Waals surface area (Å²) in [4.78, 5) is 12.3. The van der Waals surface area contributed by atoms with Crippen LogP contribution < -0.4 is 14.9 Å². The number of benzene rings is 2. The van der Waals surface area contributed by atoms with E-state index in [0.29, 0.717) is 28.6 Å². The van der Waals surface area contributed by atoms with Gasteiger partial charge in [-0.25, -0.2) is 5.43 Å². The lowest BCUT2D eigenvalue weighted by Gasteiger charge is -2.08. The smallest absolute Gasteiger partial charge is 0.275 e. The van der Waals surface area contributed by atoms with Crippen LogP contribution in [0.4, 0.5) is 0 Å². The standard InChI is InChI=1S/C20H17BrN2O4/c1-25-15-7-9-17(19(11-15)26-2)20(24)23-22-12-16-8-10-18(27-16)13-3-5-14(21)6-4-13/h3-12H,1-2H3,(H,23,24). The van der Waals surface area contributed by atoms with Gasteiger partial charge in [0.25, 0.3) is 5.91 Å². The lowest BCUT2D eigenvalue weighted by Crippen LogP contribution is -2.18. The third kappa shape index (κ3) is 4.57. The minimum Gasteiger partial charge on any atom is -0.497 e. The van der Waals surface area contributed by atoms with Gasteiger partial charge in [-0.05, 0) is 36.4 Å². The minimum absolute atomic E-state index is 0.352. The highest BCUT2D eigenvalue weighted by Crippen LogP contribution is 2.25. The molecule has 0 spiro atoms. The normalized spacial score (nSPS) is 10.8. The lowest BCUT2D eigenvalue weighted by molar-refractivity contribution is 0.0952. The van der Waals surface area contributed by atoms with Gasteiger partial charge in [0.2, 0.25) is 0 Å². The second kappa shape index (κ2) is 8.55. The van der Waals surface area contributed by atoms with E-state index in [1.54, 1.807) is 31.4 Å². The highest BCUT2D eigenvalue weighted by Gasteiger charge is 2.12. The van der Waals surface area contributed by atoms with Gasteiger partial charge in [0, 0.05) is 16.1 Å². The maximum atomic E-state index is 12.3. The largest absolute Gasteiger partial charge is 0.497 e. The fraction of sp³-hybridized carbons (Fsp3) is 0.100. The Morgan fingerprint density at radius 3 is 2.56 bits per heavy atom. The van der Waals surface area contributed by atoms with Gasteiger partial charge in [0.05, 0.1) is 26.0 Å². The lowest BCUT2D eigenvalue weighted by atomic mass is 10.2. The molecule has 1 amide bonds. The van der Waals surface area contributed by atoms with Gasteiger partial charge in [0.1, 0.15) is 23.0 Å². The van der Waals surface area contributed by atoms with Gasteiger partial charge in [-0.2, -0.15) is 5.10 Å². The summed E-state index contributed by atoms with van der Waals surface area (Å²) in [6.07, 6.45) is 1.44. The molecule has 6 nitrogen and oxygen atoms in total. The van der Waals surface area contributed by atoms with E-state index in [1.165, 1.54) is 13.3 Å². The van der Waals surface area contributed by atoms with Crippen LogP contribution in [-0.2, 0) is 0 Å². The summed E-state index contributed by atoms with van der Waals surface area (Å²) in [7, 11) is 3.03. The number of furan rings is 1. The first kappa shape index (κ1) is 18.7. The van der Waals surface area contributed by atoms with Crippen molar-refractivity contribution in [2.45, 2.75) is 0 Å². The molecule has 138 valence electrons. The summed E-state index contributed by atoms with van der Waals surface area (Å²) in [6, 6.07) is 16.3. The van der Waals surface area contributed by atoms with E-state index in [4.69, 9.17) is 13.9 Å². The molecule has 0 saturated carbocycles. The number of amides is 1. The van der Waals surface area contributed by atoms with Gasteiger partial charge < -0.3 is 13.9 Å². The predicted octanol–water partition coefficient (Wildman–Crippen LogP) is 4.49. The van der Waals surface area contributed by atoms with E-state index in [0.717, 1.165) is 10.0 Å². The van der Waals surface area contributed by atoms with Crippen LogP contribution in [0.3, 0.4) is 0 Å². The molecule has 0 unspecified atom stereocenters. The van der Waals surface area contributed by atoms with Crippen LogP contribution in [0.1, 0.15) is 16.1 Å². The minimum atomic E-state index is -0.398. The molecule has 0 aliphatic carbocycles. The Hall–Kier alpha value is -3.06. The molecule has 1 heterocycles. The number of methoxy groups -OCH3 is 2. The number of nitrogens with one attached hydrogen (secondary N) is 1. The van der Waals surface area contributed by atoms with Crippen molar-refractivity contribution in [3.05, 3.63) is 70.4 Å². The third-order valence-electron chi connectivity index (χ3n) is 3.77. The van der Waals surface area contributed by atoms with E-state index < -0.39 is 5.91 Å². The summed E-state index contributed by atoms with van der Waals surface area (Å²) in [5.74, 6) is 1.84. The zero-order valence-electron chi connectivity index (χ0n) is 14.7. The zero-order valence-corrected chi connectivity index (χ0v) is 16.3. The van der Waals surface area contributed by atoms with Gasteiger partial charge in [0.15, 0.2) is 0 Å². The highest BCUT2D eigenvalue weighted by atomic mass is 79.9. The Kier molecular flexibility index (Phi) is 5.93. The van der Waals surface area contributed by atoms with Crippen LogP contribution >= 0.6 is 15.9 Å². The van der Waals surface area contributed by atoms with Crippen molar-refractivity contribution < 1.29 is 18.7 Å². The van der Waals surface area contributed by atoms with Crippen LogP contribution in [0.25, 0.3) is 11.3 Å². The maximum absolute atomic E-state index is 12.3. The Labute approximate surface area is 164 Å². The number of halogens is 1. The number of hydrogen-bond donors (Lipinski definition) is 1. The number of hydrogen-bond acceptors (Lipinski definition) is 5. The van der Waals surface area contributed by atoms with Crippen molar-refractivity contribution in [3.63, 3.8) is 0 Å². The summed E-state index contributed by atoms with van der Waals surface area (Å²) in [5, 5.41) is 3.94. The van der Waals surface area contributed by atoms with Crippen molar-refractivity contribution in [2.24, 2.45) is 5.10 Å². The molecule has 1 N–H and O–H groups in total. The molecular weight excluding hydrogens is 412 g/mol. The van der Waals surface area contributed by atoms with E-state index in [-0.39, 0.29) is 0 Å². The molecule has 2 aromatic carbocycles. The number of hydrazone groups is 1. The molecule has 0 atom stereocenters. The number of nitrogens with zero attached hydrogens (tertiary/aromatic N) is 1. The molecular formula is C20H17BrN2O4. The van der Waals surface area contributed by atoms with Gasteiger partial charge in [-0.1, -0.05) is 28.1 Å². The third-order valence-corrected chi connectivity index (χ3v) is 4.30. The van der Waals surface area contributed by atoms with Crippen LogP contribution in [0, 0.1) is 0 Å². The molecule has 27 heavy (non-hydrogen) atoms. The molecule has 0 saturated heterocycles. The molecule has 0 fully saturated rings. The zero-order chi connectivity index (χ0) is 19.2. The fourth-order valence-electron chi connectivity index (χ4n) is 2.39. The first-order chi connectivity index (χ1) is 13.1. The van der Waals surface area contributed by atoms with E-state index in [9.17, 15) is 4.79 Å². The van der Waals surface area contributed by atoms with E-state index in [2.05, 4.69) is 26.5 Å². The second-order valence-corrected chi connectivity index (χ2v) is 6.39. The molecule has 0 bridgehead atoms. The Morgan fingerprint density at radius 1 is 1.07 bits per heavy atom. The Morgan fingerprint density at radius 2 is 1.85 bits per heavy atom. The Bertz CT molecular complexity index is 964. The van der Waals surface area contributed by atoms with Crippen molar-refractivity contribution in [1.29, 1.82) is 0 Å². The van der Waals surface area contributed by atoms with Crippen molar-refractivity contribution in [3.8, 4) is 22.8 Å². The number of carbonyl (C=O) groups is 1. The molecule has 0 aliphatic heterocycles. The maximum Gasteiger partial charge on any atom is 0.275 e. The molecule has 1 aromatic heterocycles. The van der Waals surface area contributed by atoms with Crippen LogP contribution in [-0.4, -0.2) is 26.3 Å². The van der Waals surface area contributed by atoms with Crippen molar-refractivity contribution in [1.82, 2.24) is 5.43 Å². The van der Waals surface area contributed by atoms with Gasteiger partial charge >= 0.3 is 0 Å². The van der Waals surface area contributed by atoms with Crippen molar-refractivity contribution in [2.75, 3.05) is 14.2 Å². The summed E-state index contributed by atoms with van der Waals surface area (Å²) >= 11 is 3.40. The average molecular weight is 429 g/mol. The van der Waals surface area contributed by atoms with Crippen LogP contribution in [0.2, 0.25) is 0 Å². The van der Waals surface area contributed by atoms with Gasteiger partial charge in [-0.15, -0.1) is 0 Å². The molecule has 0 radical (unpaired) electrons. The average Bonchev–Trinajstić information content (AvgIpc) is 3.16. The Balaban J connectivity index is 1.67. The molecule has 3 rings (SSSR count). The van der Waals surface area contributed by atoms with E-state index in [1.807, 2.05) is 30.3 Å². The number of ether oxygens (including phenoxy) is 2. The monoisotopic (exact) mass is 428 g/mol. The highest BCUT2D eigenvalue weighted by molar-refractivity contribution is 9.10.